The maximum atomic E-state index is 12.1. The largest absolute Gasteiger partial charge is 0.573 e. The molecule has 0 aliphatic heterocycles. The molecule has 1 heterocycles. The Morgan fingerprint density at radius 3 is 2.59 bits per heavy atom. The fourth-order valence-corrected chi connectivity index (χ4v) is 1.53. The van der Waals surface area contributed by atoms with Crippen LogP contribution in [0, 0.1) is 17.0 Å². The molecular formula is C8H6BrF3N2O3. The molecule has 0 amide bonds. The smallest absolute Gasteiger partial charge is 0.401 e. The van der Waals surface area contributed by atoms with Gasteiger partial charge in [-0.15, -0.1) is 13.2 Å². The number of aromatic nitrogens is 1. The van der Waals surface area contributed by atoms with Gasteiger partial charge in [0.15, 0.2) is 5.75 Å². The first kappa shape index (κ1) is 13.7. The molecule has 0 aliphatic carbocycles. The lowest BCUT2D eigenvalue weighted by molar-refractivity contribution is -0.389. The molecule has 1 aromatic heterocycles. The molecule has 17 heavy (non-hydrogen) atoms. The lowest BCUT2D eigenvalue weighted by atomic mass is 10.2. The second-order valence-corrected chi connectivity index (χ2v) is 3.57. The normalized spacial score (nSPS) is 11.4. The fraction of sp³-hybridized carbons (Fsp3) is 0.375. The Morgan fingerprint density at radius 1 is 1.59 bits per heavy atom. The van der Waals surface area contributed by atoms with Crippen LogP contribution in [0.5, 0.6) is 5.75 Å². The van der Waals surface area contributed by atoms with E-state index in [-0.39, 0.29) is 16.6 Å². The van der Waals surface area contributed by atoms with Crippen molar-refractivity contribution in [2.24, 2.45) is 0 Å². The highest BCUT2D eigenvalue weighted by atomic mass is 79.9. The van der Waals surface area contributed by atoms with Crippen molar-refractivity contribution in [2.45, 2.75) is 18.6 Å². The van der Waals surface area contributed by atoms with E-state index < -0.39 is 22.9 Å². The zero-order valence-corrected chi connectivity index (χ0v) is 10.0. The summed E-state index contributed by atoms with van der Waals surface area (Å²) in [4.78, 5) is 13.2. The highest BCUT2D eigenvalue weighted by Gasteiger charge is 2.34. The van der Waals surface area contributed by atoms with E-state index in [1.54, 1.807) is 0 Å². The van der Waals surface area contributed by atoms with Gasteiger partial charge in [0, 0.05) is 11.6 Å². The van der Waals surface area contributed by atoms with E-state index in [1.807, 2.05) is 0 Å². The maximum absolute atomic E-state index is 12.1. The Kier molecular flexibility index (Phi) is 3.91. The van der Waals surface area contributed by atoms with Crippen LogP contribution in [0.15, 0.2) is 6.07 Å². The third-order valence-corrected chi connectivity index (χ3v) is 2.28. The van der Waals surface area contributed by atoms with Crippen LogP contribution in [0.1, 0.15) is 11.3 Å². The predicted octanol–water partition coefficient (Wildman–Crippen LogP) is 3.09. The van der Waals surface area contributed by atoms with Crippen molar-refractivity contribution < 1.29 is 22.8 Å². The molecule has 1 rings (SSSR count). The molecule has 0 atom stereocenters. The molecule has 1 aromatic rings. The third kappa shape index (κ3) is 3.55. The molecule has 0 spiro atoms. The van der Waals surface area contributed by atoms with Crippen molar-refractivity contribution in [3.05, 3.63) is 27.4 Å². The van der Waals surface area contributed by atoms with Gasteiger partial charge >= 0.3 is 12.2 Å². The molecule has 0 radical (unpaired) electrons. The van der Waals surface area contributed by atoms with Crippen LogP contribution in [-0.2, 0) is 5.33 Å². The molecule has 0 unspecified atom stereocenters. The third-order valence-electron chi connectivity index (χ3n) is 1.75. The summed E-state index contributed by atoms with van der Waals surface area (Å²) in [5.74, 6) is -1.04. The van der Waals surface area contributed by atoms with Crippen molar-refractivity contribution in [3.63, 3.8) is 0 Å². The number of alkyl halides is 4. The van der Waals surface area contributed by atoms with Gasteiger partial charge in [0.1, 0.15) is 0 Å². The van der Waals surface area contributed by atoms with E-state index in [0.29, 0.717) is 0 Å². The molecule has 0 aromatic carbocycles. The average molecular weight is 315 g/mol. The quantitative estimate of drug-likeness (QED) is 0.488. The van der Waals surface area contributed by atoms with Gasteiger partial charge in [-0.1, -0.05) is 15.9 Å². The number of rotatable bonds is 3. The summed E-state index contributed by atoms with van der Waals surface area (Å²) in [6.07, 6.45) is -4.86. The molecule has 0 fully saturated rings. The van der Waals surface area contributed by atoms with Crippen LogP contribution in [0.4, 0.5) is 19.0 Å². The summed E-state index contributed by atoms with van der Waals surface area (Å²) in [5, 5.41) is 10.4. The highest BCUT2D eigenvalue weighted by molar-refractivity contribution is 9.08. The standard InChI is InChI=1S/C8H6BrF3N2O3/c1-4-2-6(14(15)16)13-5(3-9)7(4)17-8(10,11)12/h2H,3H2,1H3. The van der Waals surface area contributed by atoms with Crippen molar-refractivity contribution >= 4 is 21.7 Å². The van der Waals surface area contributed by atoms with Gasteiger partial charge in [0.2, 0.25) is 5.69 Å². The van der Waals surface area contributed by atoms with E-state index >= 15 is 0 Å². The fourth-order valence-electron chi connectivity index (χ4n) is 1.15. The van der Waals surface area contributed by atoms with Gasteiger partial charge in [-0.3, -0.25) is 0 Å². The van der Waals surface area contributed by atoms with Gasteiger partial charge in [-0.2, -0.15) is 0 Å². The number of aryl methyl sites for hydroxylation is 1. The monoisotopic (exact) mass is 314 g/mol. The Labute approximate surface area is 102 Å². The molecule has 9 heteroatoms. The number of hydrogen-bond donors (Lipinski definition) is 0. The van der Waals surface area contributed by atoms with Crippen molar-refractivity contribution in [2.75, 3.05) is 0 Å². The lowest BCUT2D eigenvalue weighted by Crippen LogP contribution is -2.19. The maximum Gasteiger partial charge on any atom is 0.573 e. The van der Waals surface area contributed by atoms with Crippen LogP contribution < -0.4 is 4.74 Å². The zero-order chi connectivity index (χ0) is 13.2. The number of nitrogens with zero attached hydrogens (tertiary/aromatic N) is 2. The van der Waals surface area contributed by atoms with Gasteiger partial charge < -0.3 is 14.9 Å². The van der Waals surface area contributed by atoms with Crippen molar-refractivity contribution in [3.8, 4) is 5.75 Å². The summed E-state index contributed by atoms with van der Waals surface area (Å²) < 4.78 is 40.1. The average Bonchev–Trinajstić information content (AvgIpc) is 2.18. The van der Waals surface area contributed by atoms with Gasteiger partial charge in [-0.05, 0) is 16.8 Å². The molecule has 5 nitrogen and oxygen atoms in total. The first-order valence-corrected chi connectivity index (χ1v) is 5.33. The molecule has 0 saturated carbocycles. The van der Waals surface area contributed by atoms with Crippen LogP contribution in [-0.4, -0.2) is 16.3 Å². The Bertz CT molecular complexity index is 450. The Hall–Kier alpha value is -1.38. The Morgan fingerprint density at radius 2 is 2.18 bits per heavy atom. The van der Waals surface area contributed by atoms with Crippen LogP contribution in [0.2, 0.25) is 0 Å². The second-order valence-electron chi connectivity index (χ2n) is 3.01. The van der Waals surface area contributed by atoms with Gasteiger partial charge in [0.05, 0.1) is 5.33 Å². The summed E-state index contributed by atoms with van der Waals surface area (Å²) in [5.41, 5.74) is -0.174. The second kappa shape index (κ2) is 4.86. The first-order chi connectivity index (χ1) is 7.74. The van der Waals surface area contributed by atoms with E-state index in [9.17, 15) is 23.3 Å². The number of hydrogen-bond acceptors (Lipinski definition) is 4. The zero-order valence-electron chi connectivity index (χ0n) is 8.42. The van der Waals surface area contributed by atoms with Crippen molar-refractivity contribution in [1.82, 2.24) is 4.98 Å². The first-order valence-electron chi connectivity index (χ1n) is 4.21. The van der Waals surface area contributed by atoms with E-state index in [2.05, 4.69) is 25.7 Å². The van der Waals surface area contributed by atoms with Gasteiger partial charge in [0.25, 0.3) is 0 Å². The van der Waals surface area contributed by atoms with Crippen LogP contribution in [0.3, 0.4) is 0 Å². The summed E-state index contributed by atoms with van der Waals surface area (Å²) in [6, 6.07) is 0.924. The molecular weight excluding hydrogens is 309 g/mol. The number of ether oxygens (including phenoxy) is 1. The predicted molar refractivity (Wildman–Crippen MR) is 54.9 cm³/mol. The Balaban J connectivity index is 3.26. The highest BCUT2D eigenvalue weighted by Crippen LogP contribution is 2.32. The lowest BCUT2D eigenvalue weighted by Gasteiger charge is -2.11. The van der Waals surface area contributed by atoms with E-state index in [0.717, 1.165) is 6.07 Å². The molecule has 0 aliphatic rings. The minimum absolute atomic E-state index is 0.00141. The number of pyridine rings is 1. The summed E-state index contributed by atoms with van der Waals surface area (Å²) in [7, 11) is 0. The number of nitro groups is 1. The SMILES string of the molecule is Cc1cc([N+](=O)[O-])nc(CBr)c1OC(F)(F)F. The van der Waals surface area contributed by atoms with E-state index in [1.165, 1.54) is 6.92 Å². The van der Waals surface area contributed by atoms with Crippen LogP contribution in [0.25, 0.3) is 0 Å². The minimum Gasteiger partial charge on any atom is -0.401 e. The molecule has 0 saturated heterocycles. The topological polar surface area (TPSA) is 65.3 Å². The van der Waals surface area contributed by atoms with Crippen LogP contribution >= 0.6 is 15.9 Å². The minimum atomic E-state index is -4.86. The van der Waals surface area contributed by atoms with E-state index in [4.69, 9.17) is 0 Å². The summed E-state index contributed by atoms with van der Waals surface area (Å²) >= 11 is 2.90. The number of halogens is 4. The molecule has 0 bridgehead atoms. The van der Waals surface area contributed by atoms with Crippen molar-refractivity contribution in [1.29, 1.82) is 0 Å². The molecule has 94 valence electrons. The summed E-state index contributed by atoms with van der Waals surface area (Å²) in [6.45, 7) is 1.28. The van der Waals surface area contributed by atoms with Gasteiger partial charge in [-0.25, -0.2) is 0 Å². The molecule has 0 N–H and O–H groups in total.